The average Bonchev–Trinajstić information content (AvgIpc) is 3.64. The van der Waals surface area contributed by atoms with Crippen molar-refractivity contribution >= 4 is 9.73 Å². The summed E-state index contributed by atoms with van der Waals surface area (Å²) in [6.07, 6.45) is 13.2. The molecule has 0 spiro atoms. The first-order chi connectivity index (χ1) is 17.6. The molecule has 0 bridgehead atoms. The molecule has 4 fully saturated rings. The molecule has 4 nitrogen and oxygen atoms in total. The highest BCUT2D eigenvalue weighted by molar-refractivity contribution is 7.93. The van der Waals surface area contributed by atoms with Gasteiger partial charge in [-0.25, -0.2) is 8.99 Å². The van der Waals surface area contributed by atoms with Gasteiger partial charge in [-0.1, -0.05) is 56.4 Å². The Morgan fingerprint density at radius 3 is 2.59 bits per heavy atom. The highest BCUT2D eigenvalue weighted by atomic mass is 32.2. The van der Waals surface area contributed by atoms with Gasteiger partial charge in [0.25, 0.3) is 0 Å². The van der Waals surface area contributed by atoms with Crippen LogP contribution in [0.4, 0.5) is 0 Å². The summed E-state index contributed by atoms with van der Waals surface area (Å²) in [5.74, 6) is 2.00. The van der Waals surface area contributed by atoms with E-state index in [2.05, 4.69) is 32.6 Å². The Balaban J connectivity index is 1.34. The highest BCUT2D eigenvalue weighted by Crippen LogP contribution is 2.60. The fourth-order valence-electron chi connectivity index (χ4n) is 8.07. The summed E-state index contributed by atoms with van der Waals surface area (Å²) in [5, 5.41) is 20.3. The first kappa shape index (κ1) is 26.9. The van der Waals surface area contributed by atoms with E-state index < -0.39 is 21.9 Å². The molecule has 1 aromatic carbocycles. The molecule has 4 aliphatic rings. The number of nitrogens with one attached hydrogen (secondary N) is 1. The van der Waals surface area contributed by atoms with Crippen LogP contribution in [0.1, 0.15) is 78.1 Å². The van der Waals surface area contributed by atoms with Crippen LogP contribution in [-0.2, 0) is 9.73 Å². The minimum absolute atomic E-state index is 0.0499. The van der Waals surface area contributed by atoms with Gasteiger partial charge in [0.05, 0.1) is 27.2 Å². The Morgan fingerprint density at radius 2 is 1.89 bits per heavy atom. The predicted molar refractivity (Wildman–Crippen MR) is 151 cm³/mol. The van der Waals surface area contributed by atoms with Crippen molar-refractivity contribution in [2.24, 2.45) is 29.1 Å². The van der Waals surface area contributed by atoms with Crippen molar-refractivity contribution < 1.29 is 14.4 Å². The second kappa shape index (κ2) is 10.5. The van der Waals surface area contributed by atoms with Gasteiger partial charge in [-0.15, -0.1) is 0 Å². The molecule has 1 unspecified atom stereocenters. The second-order valence-electron chi connectivity index (χ2n) is 12.7. The zero-order chi connectivity index (χ0) is 26.4. The van der Waals surface area contributed by atoms with Gasteiger partial charge in [0.2, 0.25) is 0 Å². The highest BCUT2D eigenvalue weighted by Gasteiger charge is 2.52. The van der Waals surface area contributed by atoms with Gasteiger partial charge in [0.15, 0.2) is 0 Å². The van der Waals surface area contributed by atoms with E-state index in [1.165, 1.54) is 31.3 Å². The summed E-state index contributed by atoms with van der Waals surface area (Å²) >= 11 is 0. The third-order valence-corrected chi connectivity index (χ3v) is 12.7. The number of fused-ring (bicyclic) bond motifs is 1. The van der Waals surface area contributed by atoms with Gasteiger partial charge in [0.1, 0.15) is 0 Å². The van der Waals surface area contributed by atoms with Crippen molar-refractivity contribution in [2.75, 3.05) is 0 Å². The number of hydrogen-bond acceptors (Lipinski definition) is 4. The van der Waals surface area contributed by atoms with E-state index in [0.717, 1.165) is 36.8 Å². The quantitative estimate of drug-likeness (QED) is 0.359. The average molecular weight is 524 g/mol. The summed E-state index contributed by atoms with van der Waals surface area (Å²) < 4.78 is 22.8. The molecule has 37 heavy (non-hydrogen) atoms. The van der Waals surface area contributed by atoms with E-state index in [9.17, 15) is 14.4 Å². The summed E-state index contributed by atoms with van der Waals surface area (Å²) in [4.78, 5) is 0.699. The molecule has 0 radical (unpaired) electrons. The summed E-state index contributed by atoms with van der Waals surface area (Å²) in [6, 6.07) is 9.53. The maximum atomic E-state index is 13.9. The molecule has 0 heterocycles. The van der Waals surface area contributed by atoms with E-state index in [-0.39, 0.29) is 10.7 Å². The Kier molecular flexibility index (Phi) is 7.61. The first-order valence-electron chi connectivity index (χ1n) is 14.4. The lowest BCUT2D eigenvalue weighted by molar-refractivity contribution is 0.0861. The zero-order valence-corrected chi connectivity index (χ0v) is 23.4. The number of hydrogen-bond donors (Lipinski definition) is 3. The van der Waals surface area contributed by atoms with Crippen LogP contribution in [0.3, 0.4) is 0 Å². The fraction of sp³-hybridized carbons (Fsp3) is 0.625. The van der Waals surface area contributed by atoms with Gasteiger partial charge in [0, 0.05) is 11.3 Å². The van der Waals surface area contributed by atoms with Crippen LogP contribution in [0.25, 0.3) is 0 Å². The van der Waals surface area contributed by atoms with E-state index >= 15 is 0 Å². The van der Waals surface area contributed by atoms with E-state index in [0.29, 0.717) is 41.4 Å². The molecular weight excluding hydrogens is 478 g/mol. The molecule has 202 valence electrons. The zero-order valence-electron chi connectivity index (χ0n) is 22.6. The van der Waals surface area contributed by atoms with Crippen molar-refractivity contribution in [3.63, 3.8) is 0 Å². The van der Waals surface area contributed by atoms with Crippen molar-refractivity contribution in [2.45, 2.75) is 100 Å². The van der Waals surface area contributed by atoms with Crippen LogP contribution in [0.15, 0.2) is 70.7 Å². The van der Waals surface area contributed by atoms with Crippen molar-refractivity contribution in [3.8, 4) is 0 Å². The molecule has 0 aromatic heterocycles. The van der Waals surface area contributed by atoms with Crippen molar-refractivity contribution in [1.29, 1.82) is 4.78 Å². The van der Waals surface area contributed by atoms with Crippen LogP contribution < -0.4 is 0 Å². The van der Waals surface area contributed by atoms with Gasteiger partial charge in [-0.3, -0.25) is 0 Å². The lowest BCUT2D eigenvalue weighted by Gasteiger charge is -2.45. The van der Waals surface area contributed by atoms with E-state index in [4.69, 9.17) is 4.78 Å². The van der Waals surface area contributed by atoms with Crippen LogP contribution in [0.5, 0.6) is 0 Å². The van der Waals surface area contributed by atoms with Crippen molar-refractivity contribution in [3.05, 3.63) is 65.8 Å². The number of aliphatic hydroxyl groups is 2. The Bertz CT molecular complexity index is 1170. The van der Waals surface area contributed by atoms with Gasteiger partial charge in [-0.05, 0) is 110 Å². The van der Waals surface area contributed by atoms with Crippen LogP contribution in [-0.4, -0.2) is 31.9 Å². The van der Waals surface area contributed by atoms with Gasteiger partial charge in [-0.2, -0.15) is 0 Å². The molecule has 5 rings (SSSR count). The lowest BCUT2D eigenvalue weighted by atomic mass is 9.60. The number of rotatable bonds is 7. The molecule has 5 heteroatoms. The minimum atomic E-state index is -2.83. The smallest absolute Gasteiger partial charge is 0.0811 e. The number of allylic oxidation sites excluding steroid dienone is 3. The largest absolute Gasteiger partial charge is 0.393 e. The standard InChI is InChI=1S/C32H45NO3S/c1-21(18-31(24-12-13-24)37(33,36)27-9-5-4-6-10-27)28-15-16-29-23(8-7-17-32(28,29)3)11-14-25-19-26(34)20-30(35)22(25)2/h4-6,9-11,14,21,24,26,28-31,33-35H,2,7-8,12-13,15-20H2,1,3H3/b23-11+,25-14-/t21-,26-,28-,29+,30+,31?,32-,37-/m1/s1. The molecule has 1 aromatic rings. The predicted octanol–water partition coefficient (Wildman–Crippen LogP) is 7.04. The maximum Gasteiger partial charge on any atom is 0.0811 e. The Morgan fingerprint density at radius 1 is 1.16 bits per heavy atom. The van der Waals surface area contributed by atoms with Crippen LogP contribution in [0, 0.1) is 33.9 Å². The number of aliphatic hydroxyl groups excluding tert-OH is 2. The minimum Gasteiger partial charge on any atom is -0.393 e. The molecule has 4 aliphatic carbocycles. The molecule has 0 saturated heterocycles. The topological polar surface area (TPSA) is 81.4 Å². The van der Waals surface area contributed by atoms with Gasteiger partial charge >= 0.3 is 0 Å². The SMILES string of the molecule is C=C1/C(=C\C=C2/CCC[C@]3(C)[C@@H]([C@H](C)CC(C4CC4)[S@](=N)(=O)c4ccccc4)CC[C@@H]23)C[C@@H](O)C[C@@H]1O. The van der Waals surface area contributed by atoms with E-state index in [1.807, 2.05) is 30.3 Å². The molecule has 4 saturated carbocycles. The van der Waals surface area contributed by atoms with Crippen molar-refractivity contribution in [1.82, 2.24) is 0 Å². The third kappa shape index (κ3) is 5.29. The second-order valence-corrected chi connectivity index (χ2v) is 14.9. The Labute approximate surface area is 223 Å². The summed E-state index contributed by atoms with van der Waals surface area (Å²) in [7, 11) is -2.83. The van der Waals surface area contributed by atoms with Gasteiger partial charge < -0.3 is 10.2 Å². The molecule has 0 amide bonds. The molecular formula is C32H45NO3S. The normalized spacial score (nSPS) is 37.8. The first-order valence-corrected chi connectivity index (χ1v) is 16.0. The van der Waals surface area contributed by atoms with Crippen LogP contribution in [0.2, 0.25) is 0 Å². The Hall–Kier alpha value is -1.69. The monoisotopic (exact) mass is 523 g/mol. The molecule has 3 N–H and O–H groups in total. The maximum absolute atomic E-state index is 13.9. The molecule has 0 aliphatic heterocycles. The number of benzene rings is 1. The lowest BCUT2D eigenvalue weighted by Crippen LogP contribution is -2.37. The summed E-state index contributed by atoms with van der Waals surface area (Å²) in [6.45, 7) is 8.93. The molecule has 8 atom stereocenters. The third-order valence-electron chi connectivity index (χ3n) is 10.3. The fourth-order valence-corrected chi connectivity index (χ4v) is 10.4. The van der Waals surface area contributed by atoms with Crippen LogP contribution >= 0.6 is 0 Å². The summed E-state index contributed by atoms with van der Waals surface area (Å²) in [5.41, 5.74) is 3.47. The van der Waals surface area contributed by atoms with E-state index in [1.54, 1.807) is 0 Å².